The van der Waals surface area contributed by atoms with Crippen molar-refractivity contribution < 1.29 is 9.53 Å². The van der Waals surface area contributed by atoms with E-state index < -0.39 is 6.09 Å². The Morgan fingerprint density at radius 2 is 1.81 bits per heavy atom. The van der Waals surface area contributed by atoms with Crippen molar-refractivity contribution in [2.75, 3.05) is 30.9 Å². The Morgan fingerprint density at radius 3 is 2.43 bits per heavy atom. The highest BCUT2D eigenvalue weighted by Gasteiger charge is 2.04. The molecule has 0 aromatic heterocycles. The number of nitrogens with one attached hydrogen (secondary N) is 1. The average Bonchev–Trinajstić information content (AvgIpc) is 2.48. The van der Waals surface area contributed by atoms with Crippen molar-refractivity contribution in [2.45, 2.75) is 6.92 Å². The van der Waals surface area contributed by atoms with Gasteiger partial charge in [-0.3, -0.25) is 5.32 Å². The second-order valence-electron chi connectivity index (χ2n) is 4.87. The predicted molar refractivity (Wildman–Crippen MR) is 86.8 cm³/mol. The minimum Gasteiger partial charge on any atom is -0.450 e. The van der Waals surface area contributed by atoms with Crippen LogP contribution in [0.1, 0.15) is 6.92 Å². The quantitative estimate of drug-likeness (QED) is 0.923. The minimum atomic E-state index is -0.433. The van der Waals surface area contributed by atoms with Crippen LogP contribution in [0.3, 0.4) is 0 Å². The number of hydrogen-bond donors (Lipinski definition) is 1. The van der Waals surface area contributed by atoms with Gasteiger partial charge in [0.15, 0.2) is 0 Å². The summed E-state index contributed by atoms with van der Waals surface area (Å²) >= 11 is 0. The number of amides is 1. The molecule has 2 rings (SSSR count). The SMILES string of the molecule is CCOC(=O)Nc1cccc(-c2ccc(N(C)C)cc2)c1. The van der Waals surface area contributed by atoms with Gasteiger partial charge in [0, 0.05) is 25.5 Å². The van der Waals surface area contributed by atoms with E-state index in [4.69, 9.17) is 4.74 Å². The van der Waals surface area contributed by atoms with E-state index in [1.165, 1.54) is 0 Å². The average molecular weight is 284 g/mol. The lowest BCUT2D eigenvalue weighted by atomic mass is 10.0. The van der Waals surface area contributed by atoms with Crippen LogP contribution < -0.4 is 10.2 Å². The number of carbonyl (C=O) groups excluding carboxylic acids is 1. The second kappa shape index (κ2) is 6.79. The number of nitrogens with zero attached hydrogens (tertiary/aromatic N) is 1. The van der Waals surface area contributed by atoms with Crippen molar-refractivity contribution >= 4 is 17.5 Å². The molecule has 0 unspecified atom stereocenters. The molecule has 0 aliphatic rings. The smallest absolute Gasteiger partial charge is 0.411 e. The van der Waals surface area contributed by atoms with Gasteiger partial charge in [0.1, 0.15) is 0 Å². The molecule has 0 heterocycles. The molecule has 4 heteroatoms. The molecule has 0 fully saturated rings. The molecule has 0 atom stereocenters. The summed E-state index contributed by atoms with van der Waals surface area (Å²) in [5.41, 5.74) is 4.03. The topological polar surface area (TPSA) is 41.6 Å². The molecule has 21 heavy (non-hydrogen) atoms. The highest BCUT2D eigenvalue weighted by atomic mass is 16.5. The molecule has 0 saturated carbocycles. The Balaban J connectivity index is 2.18. The molecular weight excluding hydrogens is 264 g/mol. The molecule has 2 aromatic rings. The predicted octanol–water partition coefficient (Wildman–Crippen LogP) is 3.99. The fourth-order valence-electron chi connectivity index (χ4n) is 2.01. The minimum absolute atomic E-state index is 0.359. The molecule has 1 amide bonds. The summed E-state index contributed by atoms with van der Waals surface area (Å²) < 4.78 is 4.88. The van der Waals surface area contributed by atoms with E-state index in [2.05, 4.69) is 34.5 Å². The molecule has 0 aliphatic heterocycles. The van der Waals surface area contributed by atoms with E-state index in [1.807, 2.05) is 38.4 Å². The van der Waals surface area contributed by atoms with Crippen molar-refractivity contribution in [3.05, 3.63) is 48.5 Å². The van der Waals surface area contributed by atoms with E-state index in [-0.39, 0.29) is 0 Å². The number of anilines is 2. The third kappa shape index (κ3) is 3.99. The molecular formula is C17H20N2O2. The number of benzene rings is 2. The molecule has 0 spiro atoms. The third-order valence-corrected chi connectivity index (χ3v) is 3.10. The fraction of sp³-hybridized carbons (Fsp3) is 0.235. The van der Waals surface area contributed by atoms with Crippen molar-refractivity contribution in [3.63, 3.8) is 0 Å². The van der Waals surface area contributed by atoms with Crippen LogP contribution in [0.4, 0.5) is 16.2 Å². The van der Waals surface area contributed by atoms with Gasteiger partial charge in [-0.15, -0.1) is 0 Å². The lowest BCUT2D eigenvalue weighted by molar-refractivity contribution is 0.168. The van der Waals surface area contributed by atoms with Crippen molar-refractivity contribution in [3.8, 4) is 11.1 Å². The largest absolute Gasteiger partial charge is 0.450 e. The first-order valence-electron chi connectivity index (χ1n) is 6.91. The monoisotopic (exact) mass is 284 g/mol. The first kappa shape index (κ1) is 14.9. The molecule has 2 aromatic carbocycles. The second-order valence-corrected chi connectivity index (χ2v) is 4.87. The number of rotatable bonds is 4. The summed E-state index contributed by atoms with van der Waals surface area (Å²) in [5.74, 6) is 0. The van der Waals surface area contributed by atoms with Crippen LogP contribution in [0.5, 0.6) is 0 Å². The molecule has 1 N–H and O–H groups in total. The third-order valence-electron chi connectivity index (χ3n) is 3.10. The maximum Gasteiger partial charge on any atom is 0.411 e. The van der Waals surface area contributed by atoms with Gasteiger partial charge in [0.25, 0.3) is 0 Å². The lowest BCUT2D eigenvalue weighted by Gasteiger charge is -2.13. The van der Waals surface area contributed by atoms with Gasteiger partial charge >= 0.3 is 6.09 Å². The molecule has 4 nitrogen and oxygen atoms in total. The number of carbonyl (C=O) groups is 1. The summed E-state index contributed by atoms with van der Waals surface area (Å²) in [6, 6.07) is 16.0. The molecule has 0 aliphatic carbocycles. The Kier molecular flexibility index (Phi) is 4.82. The van der Waals surface area contributed by atoms with E-state index in [1.54, 1.807) is 6.92 Å². The zero-order chi connectivity index (χ0) is 15.2. The van der Waals surface area contributed by atoms with Crippen LogP contribution in [0.2, 0.25) is 0 Å². The summed E-state index contributed by atoms with van der Waals surface area (Å²) in [5, 5.41) is 2.71. The van der Waals surface area contributed by atoms with Gasteiger partial charge in [-0.25, -0.2) is 4.79 Å². The Bertz CT molecular complexity index is 606. The first-order valence-corrected chi connectivity index (χ1v) is 6.91. The van der Waals surface area contributed by atoms with Gasteiger partial charge in [-0.2, -0.15) is 0 Å². The van der Waals surface area contributed by atoms with E-state index in [0.717, 1.165) is 22.5 Å². The molecule has 0 bridgehead atoms. The van der Waals surface area contributed by atoms with E-state index in [9.17, 15) is 4.79 Å². The van der Waals surface area contributed by atoms with Crippen LogP contribution in [-0.2, 0) is 4.74 Å². The summed E-state index contributed by atoms with van der Waals surface area (Å²) in [7, 11) is 4.03. The van der Waals surface area contributed by atoms with Crippen LogP contribution in [0, 0.1) is 0 Å². The summed E-state index contributed by atoms with van der Waals surface area (Å²) in [6.07, 6.45) is -0.433. The van der Waals surface area contributed by atoms with Gasteiger partial charge in [-0.1, -0.05) is 24.3 Å². The van der Waals surface area contributed by atoms with Crippen LogP contribution >= 0.6 is 0 Å². The fourth-order valence-corrected chi connectivity index (χ4v) is 2.01. The Hall–Kier alpha value is -2.49. The van der Waals surface area contributed by atoms with Crippen molar-refractivity contribution in [1.82, 2.24) is 0 Å². The van der Waals surface area contributed by atoms with Crippen molar-refractivity contribution in [1.29, 1.82) is 0 Å². The lowest BCUT2D eigenvalue weighted by Crippen LogP contribution is -2.13. The zero-order valence-corrected chi connectivity index (χ0v) is 12.6. The van der Waals surface area contributed by atoms with Crippen LogP contribution in [0.15, 0.2) is 48.5 Å². The maximum atomic E-state index is 11.4. The normalized spacial score (nSPS) is 10.0. The van der Waals surface area contributed by atoms with E-state index >= 15 is 0 Å². The van der Waals surface area contributed by atoms with E-state index in [0.29, 0.717) is 6.61 Å². The summed E-state index contributed by atoms with van der Waals surface area (Å²) in [6.45, 7) is 2.14. The zero-order valence-electron chi connectivity index (χ0n) is 12.6. The van der Waals surface area contributed by atoms with Crippen molar-refractivity contribution in [2.24, 2.45) is 0 Å². The van der Waals surface area contributed by atoms with Gasteiger partial charge < -0.3 is 9.64 Å². The van der Waals surface area contributed by atoms with Crippen LogP contribution in [0.25, 0.3) is 11.1 Å². The molecule has 0 radical (unpaired) electrons. The Morgan fingerprint density at radius 1 is 1.10 bits per heavy atom. The highest BCUT2D eigenvalue weighted by Crippen LogP contribution is 2.24. The standard InChI is InChI=1S/C17H20N2O2/c1-4-21-17(20)18-15-7-5-6-14(12-15)13-8-10-16(11-9-13)19(2)3/h5-12H,4H2,1-3H3,(H,18,20). The number of hydrogen-bond acceptors (Lipinski definition) is 3. The highest BCUT2D eigenvalue weighted by molar-refractivity contribution is 5.86. The molecule has 110 valence electrons. The maximum absolute atomic E-state index is 11.4. The van der Waals surface area contributed by atoms with Gasteiger partial charge in [0.05, 0.1) is 6.61 Å². The van der Waals surface area contributed by atoms with Gasteiger partial charge in [-0.05, 0) is 42.3 Å². The van der Waals surface area contributed by atoms with Crippen LogP contribution in [-0.4, -0.2) is 26.8 Å². The number of ether oxygens (including phenoxy) is 1. The summed E-state index contributed by atoms with van der Waals surface area (Å²) in [4.78, 5) is 13.5. The Labute approximate surface area is 125 Å². The van der Waals surface area contributed by atoms with Gasteiger partial charge in [0.2, 0.25) is 0 Å². The first-order chi connectivity index (χ1) is 10.1. The molecule has 0 saturated heterocycles.